The number of hydrogen-bond acceptors (Lipinski definition) is 3. The number of ether oxygens (including phenoxy) is 1. The van der Waals surface area contributed by atoms with E-state index in [1.165, 1.54) is 0 Å². The lowest BCUT2D eigenvalue weighted by molar-refractivity contribution is -0.108. The molecular formula is C10H19NO3. The molecule has 0 radical (unpaired) electrons. The van der Waals surface area contributed by atoms with Gasteiger partial charge in [-0.05, 0) is 27.2 Å². The molecule has 0 aromatic carbocycles. The first-order chi connectivity index (χ1) is 6.39. The molecule has 0 saturated heterocycles. The molecule has 0 unspecified atom stereocenters. The van der Waals surface area contributed by atoms with Gasteiger partial charge in [-0.15, -0.1) is 0 Å². The van der Waals surface area contributed by atoms with Crippen LogP contribution in [0.4, 0.5) is 4.79 Å². The summed E-state index contributed by atoms with van der Waals surface area (Å²) in [5.74, 6) is 0. The van der Waals surface area contributed by atoms with Gasteiger partial charge >= 0.3 is 6.09 Å². The van der Waals surface area contributed by atoms with Crippen molar-refractivity contribution in [2.45, 2.75) is 52.2 Å². The molecule has 0 saturated carbocycles. The molecule has 4 heteroatoms. The molecular weight excluding hydrogens is 182 g/mol. The van der Waals surface area contributed by atoms with Crippen molar-refractivity contribution in [3.8, 4) is 0 Å². The van der Waals surface area contributed by atoms with Gasteiger partial charge in [-0.1, -0.05) is 6.92 Å². The van der Waals surface area contributed by atoms with Crippen LogP contribution in [0.25, 0.3) is 0 Å². The summed E-state index contributed by atoms with van der Waals surface area (Å²) in [7, 11) is 0. The molecule has 0 rings (SSSR count). The molecule has 0 aliphatic rings. The Bertz CT molecular complexity index is 196. The number of rotatable bonds is 4. The summed E-state index contributed by atoms with van der Waals surface area (Å²) in [6.45, 7) is 7.30. The lowest BCUT2D eigenvalue weighted by Crippen LogP contribution is -2.39. The molecule has 0 spiro atoms. The molecule has 0 aromatic heterocycles. The van der Waals surface area contributed by atoms with Crippen LogP contribution in [0.3, 0.4) is 0 Å². The van der Waals surface area contributed by atoms with Crippen molar-refractivity contribution >= 4 is 12.4 Å². The molecule has 1 amide bonds. The summed E-state index contributed by atoms with van der Waals surface area (Å²) in [6.07, 6.45) is 1.38. The molecule has 0 heterocycles. The van der Waals surface area contributed by atoms with Crippen molar-refractivity contribution < 1.29 is 14.3 Å². The van der Waals surface area contributed by atoms with Crippen LogP contribution in [-0.2, 0) is 9.53 Å². The SMILES string of the molecule is CC[C@H](CC=O)NC(=O)OC(C)(C)C. The predicted molar refractivity (Wildman–Crippen MR) is 54.1 cm³/mol. The van der Waals surface area contributed by atoms with Crippen molar-refractivity contribution in [1.29, 1.82) is 0 Å². The Balaban J connectivity index is 3.96. The topological polar surface area (TPSA) is 55.4 Å². The lowest BCUT2D eigenvalue weighted by atomic mass is 10.2. The Morgan fingerprint density at radius 1 is 1.50 bits per heavy atom. The fourth-order valence-electron chi connectivity index (χ4n) is 0.918. The first-order valence-electron chi connectivity index (χ1n) is 4.82. The first-order valence-corrected chi connectivity index (χ1v) is 4.82. The van der Waals surface area contributed by atoms with Gasteiger partial charge in [0.2, 0.25) is 0 Å². The van der Waals surface area contributed by atoms with Gasteiger partial charge in [-0.25, -0.2) is 4.79 Å². The Morgan fingerprint density at radius 3 is 2.43 bits per heavy atom. The maximum atomic E-state index is 11.3. The average molecular weight is 201 g/mol. The second kappa shape index (κ2) is 5.62. The molecule has 4 nitrogen and oxygen atoms in total. The molecule has 0 fully saturated rings. The van der Waals surface area contributed by atoms with Gasteiger partial charge in [0.15, 0.2) is 0 Å². The number of hydrogen-bond donors (Lipinski definition) is 1. The summed E-state index contributed by atoms with van der Waals surface area (Å²) in [5, 5.41) is 2.63. The third-order valence-corrected chi connectivity index (χ3v) is 1.59. The molecule has 1 N–H and O–H groups in total. The van der Waals surface area contributed by atoms with Crippen molar-refractivity contribution in [1.82, 2.24) is 5.32 Å². The summed E-state index contributed by atoms with van der Waals surface area (Å²) >= 11 is 0. The maximum Gasteiger partial charge on any atom is 0.407 e. The molecule has 0 aromatic rings. The second-order valence-electron chi connectivity index (χ2n) is 4.15. The van der Waals surface area contributed by atoms with Crippen LogP contribution in [0.5, 0.6) is 0 Å². The quantitative estimate of drug-likeness (QED) is 0.706. The van der Waals surface area contributed by atoms with Gasteiger partial charge in [0.05, 0.1) is 0 Å². The predicted octanol–water partition coefficient (Wildman–Crippen LogP) is 1.88. The standard InChI is InChI=1S/C10H19NO3/c1-5-8(6-7-12)11-9(13)14-10(2,3)4/h7-8H,5-6H2,1-4H3,(H,11,13)/t8-/m1/s1. The van der Waals surface area contributed by atoms with Crippen molar-refractivity contribution in [2.75, 3.05) is 0 Å². The van der Waals surface area contributed by atoms with Crippen molar-refractivity contribution in [2.24, 2.45) is 0 Å². The molecule has 82 valence electrons. The third-order valence-electron chi connectivity index (χ3n) is 1.59. The molecule has 14 heavy (non-hydrogen) atoms. The highest BCUT2D eigenvalue weighted by atomic mass is 16.6. The smallest absolute Gasteiger partial charge is 0.407 e. The molecule has 0 bridgehead atoms. The fourth-order valence-corrected chi connectivity index (χ4v) is 0.918. The highest BCUT2D eigenvalue weighted by Gasteiger charge is 2.18. The van der Waals surface area contributed by atoms with E-state index in [4.69, 9.17) is 4.74 Å². The van der Waals surface area contributed by atoms with E-state index in [0.29, 0.717) is 6.42 Å². The van der Waals surface area contributed by atoms with E-state index >= 15 is 0 Å². The summed E-state index contributed by atoms with van der Waals surface area (Å²) in [6, 6.07) is -0.123. The minimum absolute atomic E-state index is 0.123. The van der Waals surface area contributed by atoms with E-state index in [2.05, 4.69) is 5.32 Å². The van der Waals surface area contributed by atoms with Gasteiger partial charge in [-0.3, -0.25) is 0 Å². The minimum atomic E-state index is -0.496. The number of nitrogens with one attached hydrogen (secondary N) is 1. The highest BCUT2D eigenvalue weighted by molar-refractivity contribution is 5.68. The van der Waals surface area contributed by atoms with Crippen LogP contribution in [0.1, 0.15) is 40.5 Å². The monoisotopic (exact) mass is 201 g/mol. The number of aldehydes is 1. The van der Waals surface area contributed by atoms with Crippen LogP contribution in [0.15, 0.2) is 0 Å². The zero-order valence-electron chi connectivity index (χ0n) is 9.29. The summed E-state index contributed by atoms with van der Waals surface area (Å²) < 4.78 is 5.05. The Labute approximate surface area is 85.0 Å². The maximum absolute atomic E-state index is 11.3. The zero-order chi connectivity index (χ0) is 11.2. The fraction of sp³-hybridized carbons (Fsp3) is 0.800. The van der Waals surface area contributed by atoms with Gasteiger partial charge < -0.3 is 14.8 Å². The lowest BCUT2D eigenvalue weighted by Gasteiger charge is -2.22. The van der Waals surface area contributed by atoms with Gasteiger partial charge in [0.25, 0.3) is 0 Å². The van der Waals surface area contributed by atoms with Crippen LogP contribution < -0.4 is 5.32 Å². The summed E-state index contributed by atoms with van der Waals surface area (Å²) in [4.78, 5) is 21.5. The number of alkyl carbamates (subject to hydrolysis) is 1. The second-order valence-corrected chi connectivity index (χ2v) is 4.15. The van der Waals surface area contributed by atoms with E-state index < -0.39 is 11.7 Å². The van der Waals surface area contributed by atoms with Crippen molar-refractivity contribution in [3.05, 3.63) is 0 Å². The normalized spacial score (nSPS) is 13.1. The average Bonchev–Trinajstić information content (AvgIpc) is 2.00. The largest absolute Gasteiger partial charge is 0.444 e. The Hall–Kier alpha value is -1.06. The van der Waals surface area contributed by atoms with Crippen LogP contribution in [-0.4, -0.2) is 24.0 Å². The third kappa shape index (κ3) is 6.46. The molecule has 0 aliphatic carbocycles. The van der Waals surface area contributed by atoms with Crippen LogP contribution >= 0.6 is 0 Å². The first kappa shape index (κ1) is 12.9. The van der Waals surface area contributed by atoms with E-state index in [0.717, 1.165) is 12.7 Å². The number of amides is 1. The van der Waals surface area contributed by atoms with E-state index in [1.54, 1.807) is 20.8 Å². The van der Waals surface area contributed by atoms with Gasteiger partial charge in [-0.2, -0.15) is 0 Å². The van der Waals surface area contributed by atoms with Gasteiger partial charge in [0.1, 0.15) is 11.9 Å². The minimum Gasteiger partial charge on any atom is -0.444 e. The summed E-state index contributed by atoms with van der Waals surface area (Å²) in [5.41, 5.74) is -0.496. The zero-order valence-corrected chi connectivity index (χ0v) is 9.29. The Morgan fingerprint density at radius 2 is 2.07 bits per heavy atom. The van der Waals surface area contributed by atoms with Gasteiger partial charge in [0, 0.05) is 12.5 Å². The Kier molecular flexibility index (Phi) is 5.20. The number of carbonyl (C=O) groups excluding carboxylic acids is 2. The van der Waals surface area contributed by atoms with E-state index in [1.807, 2.05) is 6.92 Å². The molecule has 1 atom stereocenters. The van der Waals surface area contributed by atoms with Crippen LogP contribution in [0, 0.1) is 0 Å². The van der Waals surface area contributed by atoms with E-state index in [-0.39, 0.29) is 6.04 Å². The van der Waals surface area contributed by atoms with E-state index in [9.17, 15) is 9.59 Å². The molecule has 0 aliphatic heterocycles. The van der Waals surface area contributed by atoms with Crippen LogP contribution in [0.2, 0.25) is 0 Å². The highest BCUT2D eigenvalue weighted by Crippen LogP contribution is 2.07. The number of carbonyl (C=O) groups is 2. The van der Waals surface area contributed by atoms with Crippen molar-refractivity contribution in [3.63, 3.8) is 0 Å².